The zero-order chi connectivity index (χ0) is 13.1. The maximum absolute atomic E-state index is 3.48. The minimum absolute atomic E-state index is 0.583. The van der Waals surface area contributed by atoms with E-state index in [-0.39, 0.29) is 0 Å². The molecule has 0 fully saturated rings. The lowest BCUT2D eigenvalue weighted by Crippen LogP contribution is -1.94. The van der Waals surface area contributed by atoms with Gasteiger partial charge < -0.3 is 5.32 Å². The Morgan fingerprint density at radius 2 is 1.56 bits per heavy atom. The van der Waals surface area contributed by atoms with Gasteiger partial charge in [-0.25, -0.2) is 0 Å². The van der Waals surface area contributed by atoms with Crippen LogP contribution in [-0.4, -0.2) is 0 Å². The lowest BCUT2D eigenvalue weighted by molar-refractivity contribution is 0.867. The van der Waals surface area contributed by atoms with E-state index >= 15 is 0 Å². The van der Waals surface area contributed by atoms with Crippen molar-refractivity contribution in [3.63, 3.8) is 0 Å². The topological polar surface area (TPSA) is 12.0 Å². The molecule has 0 atom stereocenters. The van der Waals surface area contributed by atoms with Crippen LogP contribution in [0.15, 0.2) is 42.5 Å². The normalized spacial score (nSPS) is 10.7. The lowest BCUT2D eigenvalue weighted by Gasteiger charge is -2.12. The molecule has 0 unspecified atom stereocenters. The van der Waals surface area contributed by atoms with Crippen molar-refractivity contribution in [3.05, 3.63) is 59.2 Å². The molecule has 0 aliphatic heterocycles. The van der Waals surface area contributed by atoms with Gasteiger partial charge in [0.05, 0.1) is 0 Å². The van der Waals surface area contributed by atoms with Crippen LogP contribution in [0.1, 0.15) is 36.5 Å². The van der Waals surface area contributed by atoms with Crippen molar-refractivity contribution in [2.75, 3.05) is 5.32 Å². The van der Waals surface area contributed by atoms with Crippen LogP contribution in [0.25, 0.3) is 0 Å². The number of anilines is 2. The Labute approximate surface area is 110 Å². The molecule has 0 aliphatic rings. The maximum Gasteiger partial charge on any atom is 0.0416 e. The third kappa shape index (κ3) is 2.92. The SMILES string of the molecule is Cc1ccc(C)c(Nc2ccc(C(C)C)cc2)c1. The van der Waals surface area contributed by atoms with E-state index in [1.807, 2.05) is 0 Å². The second kappa shape index (κ2) is 5.26. The molecule has 0 amide bonds. The summed E-state index contributed by atoms with van der Waals surface area (Å²) in [5.41, 5.74) is 6.26. The van der Waals surface area contributed by atoms with Crippen molar-refractivity contribution in [2.45, 2.75) is 33.6 Å². The van der Waals surface area contributed by atoms with E-state index in [1.54, 1.807) is 0 Å². The van der Waals surface area contributed by atoms with Crippen molar-refractivity contribution in [2.24, 2.45) is 0 Å². The van der Waals surface area contributed by atoms with Gasteiger partial charge in [0.2, 0.25) is 0 Å². The summed E-state index contributed by atoms with van der Waals surface area (Å²) < 4.78 is 0. The molecule has 0 aliphatic carbocycles. The Morgan fingerprint density at radius 1 is 0.889 bits per heavy atom. The zero-order valence-corrected chi connectivity index (χ0v) is 11.6. The highest BCUT2D eigenvalue weighted by Crippen LogP contribution is 2.23. The monoisotopic (exact) mass is 239 g/mol. The van der Waals surface area contributed by atoms with Crippen molar-refractivity contribution < 1.29 is 0 Å². The molecule has 94 valence electrons. The maximum atomic E-state index is 3.48. The van der Waals surface area contributed by atoms with Crippen LogP contribution in [0.3, 0.4) is 0 Å². The summed E-state index contributed by atoms with van der Waals surface area (Å²) in [6.45, 7) is 8.68. The lowest BCUT2D eigenvalue weighted by atomic mass is 10.0. The molecule has 0 radical (unpaired) electrons. The Balaban J connectivity index is 2.21. The number of hydrogen-bond donors (Lipinski definition) is 1. The highest BCUT2D eigenvalue weighted by atomic mass is 14.9. The van der Waals surface area contributed by atoms with Crippen molar-refractivity contribution in [1.29, 1.82) is 0 Å². The minimum Gasteiger partial charge on any atom is -0.355 e. The van der Waals surface area contributed by atoms with Gasteiger partial charge in [-0.3, -0.25) is 0 Å². The standard InChI is InChI=1S/C17H21N/c1-12(2)15-7-9-16(10-8-15)18-17-11-13(3)5-6-14(17)4/h5-12,18H,1-4H3. The molecule has 1 heteroatoms. The van der Waals surface area contributed by atoms with Gasteiger partial charge in [0.25, 0.3) is 0 Å². The first-order valence-corrected chi connectivity index (χ1v) is 6.50. The summed E-state index contributed by atoms with van der Waals surface area (Å²) in [4.78, 5) is 0. The summed E-state index contributed by atoms with van der Waals surface area (Å²) in [6, 6.07) is 15.2. The largest absolute Gasteiger partial charge is 0.355 e. The van der Waals surface area contributed by atoms with Crippen molar-refractivity contribution >= 4 is 11.4 Å². The van der Waals surface area contributed by atoms with Crippen LogP contribution < -0.4 is 5.32 Å². The Morgan fingerprint density at radius 3 is 2.17 bits per heavy atom. The van der Waals surface area contributed by atoms with Crippen LogP contribution in [0.4, 0.5) is 11.4 Å². The molecule has 2 rings (SSSR count). The fourth-order valence-corrected chi connectivity index (χ4v) is 1.98. The molecular weight excluding hydrogens is 218 g/mol. The van der Waals surface area contributed by atoms with Gasteiger partial charge in [-0.15, -0.1) is 0 Å². The third-order valence-electron chi connectivity index (χ3n) is 3.25. The molecule has 2 aromatic rings. The highest BCUT2D eigenvalue weighted by Gasteiger charge is 2.01. The molecule has 0 spiro atoms. The fourth-order valence-electron chi connectivity index (χ4n) is 1.98. The molecule has 0 aromatic heterocycles. The number of aryl methyl sites for hydroxylation is 2. The molecule has 0 bridgehead atoms. The minimum atomic E-state index is 0.583. The smallest absolute Gasteiger partial charge is 0.0416 e. The van der Waals surface area contributed by atoms with E-state index < -0.39 is 0 Å². The Kier molecular flexibility index (Phi) is 3.71. The first-order valence-electron chi connectivity index (χ1n) is 6.50. The molecule has 2 aromatic carbocycles. The predicted molar refractivity (Wildman–Crippen MR) is 79.7 cm³/mol. The number of benzene rings is 2. The Hall–Kier alpha value is -1.76. The molecule has 0 saturated carbocycles. The molecule has 0 heterocycles. The molecule has 1 nitrogen and oxygen atoms in total. The first-order chi connectivity index (χ1) is 8.56. The van der Waals surface area contributed by atoms with E-state index in [0.717, 1.165) is 5.69 Å². The quantitative estimate of drug-likeness (QED) is 0.779. The van der Waals surface area contributed by atoms with Gasteiger partial charge in [0.15, 0.2) is 0 Å². The van der Waals surface area contributed by atoms with Gasteiger partial charge in [0, 0.05) is 11.4 Å². The summed E-state index contributed by atoms with van der Waals surface area (Å²) >= 11 is 0. The summed E-state index contributed by atoms with van der Waals surface area (Å²) in [5.74, 6) is 0.583. The van der Waals surface area contributed by atoms with Gasteiger partial charge in [0.1, 0.15) is 0 Å². The predicted octanol–water partition coefficient (Wildman–Crippen LogP) is 5.17. The second-order valence-corrected chi connectivity index (χ2v) is 5.22. The number of rotatable bonds is 3. The highest BCUT2D eigenvalue weighted by molar-refractivity contribution is 5.64. The number of hydrogen-bond acceptors (Lipinski definition) is 1. The van der Waals surface area contributed by atoms with Gasteiger partial charge in [-0.05, 0) is 54.7 Å². The van der Waals surface area contributed by atoms with Crippen LogP contribution in [0, 0.1) is 13.8 Å². The molecule has 0 saturated heterocycles. The zero-order valence-electron chi connectivity index (χ0n) is 11.6. The van der Waals surface area contributed by atoms with Crippen LogP contribution in [0.2, 0.25) is 0 Å². The fraction of sp³-hybridized carbons (Fsp3) is 0.294. The first kappa shape index (κ1) is 12.7. The van der Waals surface area contributed by atoms with Gasteiger partial charge >= 0.3 is 0 Å². The van der Waals surface area contributed by atoms with E-state index in [9.17, 15) is 0 Å². The molecular formula is C17H21N. The van der Waals surface area contributed by atoms with Crippen molar-refractivity contribution in [1.82, 2.24) is 0 Å². The van der Waals surface area contributed by atoms with Gasteiger partial charge in [-0.2, -0.15) is 0 Å². The van der Waals surface area contributed by atoms with Crippen molar-refractivity contribution in [3.8, 4) is 0 Å². The van der Waals surface area contributed by atoms with Crippen LogP contribution >= 0.6 is 0 Å². The average molecular weight is 239 g/mol. The van der Waals surface area contributed by atoms with E-state index in [4.69, 9.17) is 0 Å². The summed E-state index contributed by atoms with van der Waals surface area (Å²) in [5, 5.41) is 3.48. The van der Waals surface area contributed by atoms with Gasteiger partial charge in [-0.1, -0.05) is 38.1 Å². The summed E-state index contributed by atoms with van der Waals surface area (Å²) in [6.07, 6.45) is 0. The molecule has 1 N–H and O–H groups in total. The second-order valence-electron chi connectivity index (χ2n) is 5.22. The number of nitrogens with one attached hydrogen (secondary N) is 1. The van der Waals surface area contributed by atoms with E-state index in [2.05, 4.69) is 75.5 Å². The van der Waals surface area contributed by atoms with Crippen LogP contribution in [0.5, 0.6) is 0 Å². The Bertz CT molecular complexity index is 524. The van der Waals surface area contributed by atoms with E-state index in [1.165, 1.54) is 22.4 Å². The third-order valence-corrected chi connectivity index (χ3v) is 3.25. The molecule has 18 heavy (non-hydrogen) atoms. The average Bonchev–Trinajstić information content (AvgIpc) is 2.34. The summed E-state index contributed by atoms with van der Waals surface area (Å²) in [7, 11) is 0. The van der Waals surface area contributed by atoms with Crippen LogP contribution in [-0.2, 0) is 0 Å². The van der Waals surface area contributed by atoms with E-state index in [0.29, 0.717) is 5.92 Å².